The quantitative estimate of drug-likeness (QED) is 0.690. The van der Waals surface area contributed by atoms with Gasteiger partial charge in [-0.05, 0) is 19.1 Å². The Kier molecular flexibility index (Phi) is 4.22. The van der Waals surface area contributed by atoms with Crippen LogP contribution in [0.4, 0.5) is 0 Å². The van der Waals surface area contributed by atoms with Crippen LogP contribution < -0.4 is 5.32 Å². The molecule has 8 heteroatoms. The third-order valence-electron chi connectivity index (χ3n) is 2.22. The average molecular weight is 277 g/mol. The fourth-order valence-electron chi connectivity index (χ4n) is 1.34. The minimum absolute atomic E-state index is 0.200. The Labute approximate surface area is 113 Å². The lowest BCUT2D eigenvalue weighted by Crippen LogP contribution is -2.26. The van der Waals surface area contributed by atoms with Crippen LogP contribution in [-0.4, -0.2) is 38.2 Å². The van der Waals surface area contributed by atoms with E-state index >= 15 is 0 Å². The van der Waals surface area contributed by atoms with Crippen LogP contribution in [0.5, 0.6) is 0 Å². The Morgan fingerprint density at radius 2 is 2.47 bits per heavy atom. The molecular weight excluding hydrogens is 266 g/mol. The summed E-state index contributed by atoms with van der Waals surface area (Å²) in [6.45, 7) is 1.57. The topological polar surface area (TPSA) is 104 Å². The summed E-state index contributed by atoms with van der Waals surface area (Å²) < 4.78 is 0. The van der Waals surface area contributed by atoms with Crippen molar-refractivity contribution in [2.24, 2.45) is 0 Å². The SMILES string of the molecule is CC(NC(=O)c1ccc(C#CCO)s1)c1nn[nH]n1. The summed E-state index contributed by atoms with van der Waals surface area (Å²) in [5.74, 6) is 5.48. The molecule has 2 aromatic rings. The van der Waals surface area contributed by atoms with Crippen molar-refractivity contribution in [3.8, 4) is 11.8 Å². The lowest BCUT2D eigenvalue weighted by Gasteiger charge is -2.08. The molecule has 3 N–H and O–H groups in total. The Balaban J connectivity index is 2.02. The summed E-state index contributed by atoms with van der Waals surface area (Å²) in [6.07, 6.45) is 0. The summed E-state index contributed by atoms with van der Waals surface area (Å²) >= 11 is 1.26. The second-order valence-corrected chi connectivity index (χ2v) is 4.67. The number of nitrogens with one attached hydrogen (secondary N) is 2. The van der Waals surface area contributed by atoms with Gasteiger partial charge in [0.2, 0.25) is 0 Å². The van der Waals surface area contributed by atoms with E-state index in [1.165, 1.54) is 11.3 Å². The molecule has 2 aromatic heterocycles. The van der Waals surface area contributed by atoms with Crippen molar-refractivity contribution in [1.82, 2.24) is 25.9 Å². The maximum absolute atomic E-state index is 12.0. The molecule has 0 saturated carbocycles. The highest BCUT2D eigenvalue weighted by Gasteiger charge is 2.15. The third kappa shape index (κ3) is 3.37. The fourth-order valence-corrected chi connectivity index (χ4v) is 2.12. The first kappa shape index (κ1) is 13.2. The van der Waals surface area contributed by atoms with E-state index in [0.29, 0.717) is 10.7 Å². The van der Waals surface area contributed by atoms with Crippen molar-refractivity contribution in [3.05, 3.63) is 27.7 Å². The van der Waals surface area contributed by atoms with E-state index < -0.39 is 0 Å². The molecule has 1 atom stereocenters. The molecule has 1 amide bonds. The van der Waals surface area contributed by atoms with Gasteiger partial charge in [0.05, 0.1) is 15.8 Å². The number of nitrogens with zero attached hydrogens (tertiary/aromatic N) is 3. The first-order valence-corrected chi connectivity index (χ1v) is 6.26. The number of hydrogen-bond acceptors (Lipinski definition) is 6. The monoisotopic (exact) mass is 277 g/mol. The Morgan fingerprint density at radius 1 is 1.63 bits per heavy atom. The molecule has 0 fully saturated rings. The zero-order valence-electron chi connectivity index (χ0n) is 10.0. The highest BCUT2D eigenvalue weighted by Crippen LogP contribution is 2.16. The number of carbonyl (C=O) groups excluding carboxylic acids is 1. The van der Waals surface area contributed by atoms with Gasteiger partial charge in [0.1, 0.15) is 6.61 Å². The number of rotatable bonds is 3. The molecule has 2 rings (SSSR count). The predicted octanol–water partition coefficient (Wildman–Crippen LogP) is 0.0960. The summed E-state index contributed by atoms with van der Waals surface area (Å²) in [5, 5.41) is 24.7. The molecule has 1 unspecified atom stereocenters. The number of aliphatic hydroxyl groups excluding tert-OH is 1. The van der Waals surface area contributed by atoms with Crippen molar-refractivity contribution >= 4 is 17.2 Å². The van der Waals surface area contributed by atoms with Crippen molar-refractivity contribution in [2.75, 3.05) is 6.61 Å². The van der Waals surface area contributed by atoms with Gasteiger partial charge in [-0.3, -0.25) is 4.79 Å². The standard InChI is InChI=1S/C11H11N5O2S/c1-7(10-13-15-16-14-10)12-11(18)9-5-4-8(19-9)3-2-6-17/h4-5,7,17H,6H2,1H3,(H,12,18)(H,13,14,15,16). The fraction of sp³-hybridized carbons (Fsp3) is 0.273. The van der Waals surface area contributed by atoms with Crippen LogP contribution in [0.2, 0.25) is 0 Å². The van der Waals surface area contributed by atoms with Crippen molar-refractivity contribution in [3.63, 3.8) is 0 Å². The number of hydrogen-bond donors (Lipinski definition) is 3. The van der Waals surface area contributed by atoms with E-state index in [2.05, 4.69) is 37.8 Å². The van der Waals surface area contributed by atoms with Gasteiger partial charge in [-0.25, -0.2) is 0 Å². The van der Waals surface area contributed by atoms with E-state index in [1.54, 1.807) is 19.1 Å². The van der Waals surface area contributed by atoms with Gasteiger partial charge in [-0.2, -0.15) is 5.21 Å². The second-order valence-electron chi connectivity index (χ2n) is 3.59. The minimum Gasteiger partial charge on any atom is -0.384 e. The minimum atomic E-state index is -0.333. The Bertz CT molecular complexity index is 611. The molecule has 0 aliphatic heterocycles. The van der Waals surface area contributed by atoms with Crippen LogP contribution in [0.15, 0.2) is 12.1 Å². The zero-order valence-corrected chi connectivity index (χ0v) is 10.9. The van der Waals surface area contributed by atoms with Crippen LogP contribution in [0.3, 0.4) is 0 Å². The lowest BCUT2D eigenvalue weighted by molar-refractivity contribution is 0.0942. The van der Waals surface area contributed by atoms with Crippen molar-refractivity contribution < 1.29 is 9.90 Å². The number of tetrazole rings is 1. The van der Waals surface area contributed by atoms with Gasteiger partial charge in [-0.15, -0.1) is 21.5 Å². The van der Waals surface area contributed by atoms with Gasteiger partial charge >= 0.3 is 0 Å². The second kappa shape index (κ2) is 6.08. The molecule has 0 aromatic carbocycles. The zero-order chi connectivity index (χ0) is 13.7. The maximum Gasteiger partial charge on any atom is 0.261 e. The van der Waals surface area contributed by atoms with Crippen LogP contribution >= 0.6 is 11.3 Å². The molecule has 7 nitrogen and oxygen atoms in total. The average Bonchev–Trinajstić information content (AvgIpc) is 3.07. The van der Waals surface area contributed by atoms with Crippen LogP contribution in [0.1, 0.15) is 33.3 Å². The van der Waals surface area contributed by atoms with Gasteiger partial charge in [0.15, 0.2) is 5.82 Å². The highest BCUT2D eigenvalue weighted by atomic mass is 32.1. The van der Waals surface area contributed by atoms with Gasteiger partial charge in [0, 0.05) is 0 Å². The van der Waals surface area contributed by atoms with Crippen LogP contribution in [-0.2, 0) is 0 Å². The molecule has 19 heavy (non-hydrogen) atoms. The first-order chi connectivity index (χ1) is 9.20. The summed E-state index contributed by atoms with van der Waals surface area (Å²) in [7, 11) is 0. The Hall–Kier alpha value is -2.24. The predicted molar refractivity (Wildman–Crippen MR) is 68.3 cm³/mol. The van der Waals surface area contributed by atoms with Gasteiger partial charge in [-0.1, -0.05) is 17.1 Å². The summed E-state index contributed by atoms with van der Waals surface area (Å²) in [6, 6.07) is 3.09. The summed E-state index contributed by atoms with van der Waals surface area (Å²) in [5.41, 5.74) is 0. The number of thiophene rings is 1. The normalized spacial score (nSPS) is 11.5. The van der Waals surface area contributed by atoms with Gasteiger partial charge < -0.3 is 10.4 Å². The molecule has 2 heterocycles. The number of aliphatic hydroxyl groups is 1. The molecule has 0 saturated heterocycles. The lowest BCUT2D eigenvalue weighted by atomic mass is 10.3. The molecule has 0 bridgehead atoms. The molecule has 0 radical (unpaired) electrons. The first-order valence-electron chi connectivity index (χ1n) is 5.44. The number of carbonyl (C=O) groups is 1. The van der Waals surface area contributed by atoms with E-state index in [-0.39, 0.29) is 18.6 Å². The maximum atomic E-state index is 12.0. The largest absolute Gasteiger partial charge is 0.384 e. The van der Waals surface area contributed by atoms with Crippen molar-refractivity contribution in [1.29, 1.82) is 0 Å². The van der Waals surface area contributed by atoms with Gasteiger partial charge in [0.25, 0.3) is 5.91 Å². The Morgan fingerprint density at radius 3 is 3.16 bits per heavy atom. The van der Waals surface area contributed by atoms with Crippen molar-refractivity contribution in [2.45, 2.75) is 13.0 Å². The molecule has 0 aliphatic rings. The van der Waals surface area contributed by atoms with E-state index in [0.717, 1.165) is 4.88 Å². The number of aromatic amines is 1. The smallest absolute Gasteiger partial charge is 0.261 e. The molecular formula is C11H11N5O2S. The molecule has 98 valence electrons. The van der Waals surface area contributed by atoms with Crippen LogP contribution in [0.25, 0.3) is 0 Å². The van der Waals surface area contributed by atoms with E-state index in [4.69, 9.17) is 5.11 Å². The number of H-pyrrole nitrogens is 1. The number of amides is 1. The van der Waals surface area contributed by atoms with E-state index in [9.17, 15) is 4.79 Å². The molecule has 0 spiro atoms. The summed E-state index contributed by atoms with van der Waals surface area (Å²) in [4.78, 5) is 13.2. The number of aromatic nitrogens is 4. The van der Waals surface area contributed by atoms with E-state index in [1.807, 2.05) is 0 Å². The van der Waals surface area contributed by atoms with Crippen LogP contribution in [0, 0.1) is 11.8 Å². The highest BCUT2D eigenvalue weighted by molar-refractivity contribution is 7.14. The molecule has 0 aliphatic carbocycles. The third-order valence-corrected chi connectivity index (χ3v) is 3.22.